The number of amides is 2. The molecule has 2 amide bonds. The summed E-state index contributed by atoms with van der Waals surface area (Å²) in [6, 6.07) is -0.0600. The van der Waals surface area contributed by atoms with Gasteiger partial charge in [0.15, 0.2) is 0 Å². The molecule has 3 aliphatic rings. The maximum Gasteiger partial charge on any atom is 0.320 e. The van der Waals surface area contributed by atoms with Gasteiger partial charge in [-0.3, -0.25) is 0 Å². The van der Waals surface area contributed by atoms with E-state index in [0.717, 1.165) is 6.42 Å². The van der Waals surface area contributed by atoms with Gasteiger partial charge in [0.25, 0.3) is 0 Å². The number of hydrogen-bond acceptors (Lipinski definition) is 5. The molecule has 0 radical (unpaired) electrons. The summed E-state index contributed by atoms with van der Waals surface area (Å²) in [6.45, 7) is 4.90. The number of hydrogen-bond donors (Lipinski definition) is 0. The van der Waals surface area contributed by atoms with Gasteiger partial charge < -0.3 is 19.3 Å². The van der Waals surface area contributed by atoms with Gasteiger partial charge in [-0.1, -0.05) is 0 Å². The first-order valence-corrected chi connectivity index (χ1v) is 9.77. The molecule has 0 bridgehead atoms. The predicted octanol–water partition coefficient (Wildman–Crippen LogP) is -0.435. The summed E-state index contributed by atoms with van der Waals surface area (Å²) >= 11 is 0. The molecule has 9 heteroatoms. The molecule has 0 aliphatic carbocycles. The van der Waals surface area contributed by atoms with E-state index in [2.05, 4.69) is 0 Å². The van der Waals surface area contributed by atoms with Crippen LogP contribution in [0.2, 0.25) is 0 Å². The summed E-state index contributed by atoms with van der Waals surface area (Å²) in [7, 11) is -3.37. The van der Waals surface area contributed by atoms with E-state index in [1.54, 1.807) is 9.80 Å². The Morgan fingerprint density at radius 1 is 0.870 bits per heavy atom. The number of urea groups is 1. The maximum absolute atomic E-state index is 12.8. The monoisotopic (exact) mass is 347 g/mol. The van der Waals surface area contributed by atoms with Crippen LogP contribution < -0.4 is 0 Å². The minimum absolute atomic E-state index is 0.0600. The molecule has 0 N–H and O–H groups in total. The Balaban J connectivity index is 1.64. The van der Waals surface area contributed by atoms with Gasteiger partial charge in [-0.05, 0) is 12.8 Å². The summed E-state index contributed by atoms with van der Waals surface area (Å²) in [5, 5.41) is -0.501. The number of sulfonamides is 1. The molecule has 3 heterocycles. The second-order valence-corrected chi connectivity index (χ2v) is 8.36. The highest BCUT2D eigenvalue weighted by Gasteiger charge is 2.38. The number of carbonyl (C=O) groups is 1. The summed E-state index contributed by atoms with van der Waals surface area (Å²) in [5.41, 5.74) is 0. The summed E-state index contributed by atoms with van der Waals surface area (Å²) in [6.07, 6.45) is 1.34. The Morgan fingerprint density at radius 2 is 1.48 bits per heavy atom. The molecular formula is C14H25N3O5S. The molecule has 23 heavy (non-hydrogen) atoms. The molecule has 132 valence electrons. The van der Waals surface area contributed by atoms with Crippen LogP contribution in [0, 0.1) is 0 Å². The zero-order chi connectivity index (χ0) is 16.3. The van der Waals surface area contributed by atoms with E-state index in [-0.39, 0.29) is 12.6 Å². The lowest BCUT2D eigenvalue weighted by Gasteiger charge is -2.39. The largest absolute Gasteiger partial charge is 0.379 e. The van der Waals surface area contributed by atoms with E-state index >= 15 is 0 Å². The van der Waals surface area contributed by atoms with E-state index in [1.807, 2.05) is 0 Å². The van der Waals surface area contributed by atoms with Crippen LogP contribution in [0.3, 0.4) is 0 Å². The van der Waals surface area contributed by atoms with Gasteiger partial charge >= 0.3 is 6.03 Å². The van der Waals surface area contributed by atoms with Crippen molar-refractivity contribution < 1.29 is 22.7 Å². The van der Waals surface area contributed by atoms with Crippen molar-refractivity contribution in [2.75, 3.05) is 65.7 Å². The Morgan fingerprint density at radius 3 is 2.13 bits per heavy atom. The molecule has 0 aromatic rings. The van der Waals surface area contributed by atoms with E-state index in [4.69, 9.17) is 9.47 Å². The van der Waals surface area contributed by atoms with Crippen LogP contribution in [0.5, 0.6) is 0 Å². The number of ether oxygens (including phenoxy) is 2. The Bertz CT molecular complexity index is 515. The van der Waals surface area contributed by atoms with Gasteiger partial charge in [0.1, 0.15) is 0 Å². The number of piperidine rings is 1. The minimum atomic E-state index is -3.37. The third kappa shape index (κ3) is 3.78. The molecule has 3 fully saturated rings. The average Bonchev–Trinajstić information content (AvgIpc) is 2.62. The van der Waals surface area contributed by atoms with Crippen molar-refractivity contribution in [1.82, 2.24) is 14.1 Å². The van der Waals surface area contributed by atoms with Crippen molar-refractivity contribution in [2.45, 2.75) is 18.1 Å². The number of rotatable bonds is 2. The molecule has 3 saturated heterocycles. The standard InChI is InChI=1S/C14H25N3O5S/c18-14(15-4-8-21-9-5-15)16-3-1-2-13(12-16)23(19,20)17-6-10-22-11-7-17/h13H,1-12H2/t13-/m1/s1. The third-order valence-electron chi connectivity index (χ3n) is 4.68. The van der Waals surface area contributed by atoms with Crippen LogP contribution in [-0.2, 0) is 19.5 Å². The van der Waals surface area contributed by atoms with Gasteiger partial charge in [0.2, 0.25) is 10.0 Å². The van der Waals surface area contributed by atoms with Gasteiger partial charge in [0, 0.05) is 39.3 Å². The molecular weight excluding hydrogens is 322 g/mol. The fourth-order valence-corrected chi connectivity index (χ4v) is 5.23. The third-order valence-corrected chi connectivity index (χ3v) is 6.99. The Labute approximate surface area is 137 Å². The summed E-state index contributed by atoms with van der Waals surface area (Å²) in [5.74, 6) is 0. The summed E-state index contributed by atoms with van der Waals surface area (Å²) in [4.78, 5) is 16.0. The number of likely N-dealkylation sites (tertiary alicyclic amines) is 1. The molecule has 3 aliphatic heterocycles. The lowest BCUT2D eigenvalue weighted by molar-refractivity contribution is 0.0416. The van der Waals surface area contributed by atoms with Crippen molar-refractivity contribution in [1.29, 1.82) is 0 Å². The summed E-state index contributed by atoms with van der Waals surface area (Å²) < 4.78 is 37.6. The van der Waals surface area contributed by atoms with Crippen molar-refractivity contribution >= 4 is 16.1 Å². The van der Waals surface area contributed by atoms with Crippen molar-refractivity contribution in [3.05, 3.63) is 0 Å². The highest BCUT2D eigenvalue weighted by Crippen LogP contribution is 2.22. The Kier molecular flexibility index (Phi) is 5.40. The SMILES string of the molecule is O=C(N1CCOCC1)N1CCC[C@@H](S(=O)(=O)N2CCOCC2)C1. The molecule has 0 aromatic carbocycles. The molecule has 0 spiro atoms. The van der Waals surface area contributed by atoms with Crippen molar-refractivity contribution in [3.8, 4) is 0 Å². The fourth-order valence-electron chi connectivity index (χ4n) is 3.32. The van der Waals surface area contributed by atoms with Gasteiger partial charge in [0.05, 0.1) is 31.7 Å². The van der Waals surface area contributed by atoms with Crippen LogP contribution in [0.1, 0.15) is 12.8 Å². The second-order valence-electron chi connectivity index (χ2n) is 6.15. The number of carbonyl (C=O) groups excluding carboxylic acids is 1. The van der Waals surface area contributed by atoms with Gasteiger partial charge in [-0.2, -0.15) is 4.31 Å². The lowest BCUT2D eigenvalue weighted by atomic mass is 10.1. The van der Waals surface area contributed by atoms with E-state index in [9.17, 15) is 13.2 Å². The first kappa shape index (κ1) is 16.9. The highest BCUT2D eigenvalue weighted by molar-refractivity contribution is 7.89. The number of morpholine rings is 2. The second kappa shape index (κ2) is 7.33. The minimum Gasteiger partial charge on any atom is -0.379 e. The molecule has 3 rings (SSSR count). The molecule has 8 nitrogen and oxygen atoms in total. The Hall–Kier alpha value is -0.900. The maximum atomic E-state index is 12.8. The normalized spacial score (nSPS) is 27.9. The van der Waals surface area contributed by atoms with Crippen molar-refractivity contribution in [3.63, 3.8) is 0 Å². The first-order valence-electron chi connectivity index (χ1n) is 8.27. The molecule has 0 aromatic heterocycles. The average molecular weight is 347 g/mol. The smallest absolute Gasteiger partial charge is 0.320 e. The fraction of sp³-hybridized carbons (Fsp3) is 0.929. The van der Waals surface area contributed by atoms with E-state index in [0.29, 0.717) is 65.6 Å². The van der Waals surface area contributed by atoms with E-state index in [1.165, 1.54) is 4.31 Å². The van der Waals surface area contributed by atoms with Gasteiger partial charge in [-0.25, -0.2) is 13.2 Å². The topological polar surface area (TPSA) is 79.4 Å². The number of nitrogens with zero attached hydrogens (tertiary/aromatic N) is 3. The van der Waals surface area contributed by atoms with Crippen LogP contribution in [-0.4, -0.2) is 99.5 Å². The zero-order valence-electron chi connectivity index (χ0n) is 13.4. The van der Waals surface area contributed by atoms with E-state index < -0.39 is 15.3 Å². The van der Waals surface area contributed by atoms with Gasteiger partial charge in [-0.15, -0.1) is 0 Å². The quantitative estimate of drug-likeness (QED) is 0.677. The van der Waals surface area contributed by atoms with Crippen LogP contribution in [0.25, 0.3) is 0 Å². The van der Waals surface area contributed by atoms with Crippen LogP contribution in [0.15, 0.2) is 0 Å². The van der Waals surface area contributed by atoms with Crippen LogP contribution in [0.4, 0.5) is 4.79 Å². The molecule has 0 unspecified atom stereocenters. The molecule has 0 saturated carbocycles. The molecule has 1 atom stereocenters. The van der Waals surface area contributed by atoms with Crippen LogP contribution >= 0.6 is 0 Å². The highest BCUT2D eigenvalue weighted by atomic mass is 32.2. The predicted molar refractivity (Wildman–Crippen MR) is 83.7 cm³/mol. The van der Waals surface area contributed by atoms with Crippen molar-refractivity contribution in [2.24, 2.45) is 0 Å². The first-order chi connectivity index (χ1) is 11.1. The lowest BCUT2D eigenvalue weighted by Crippen LogP contribution is -2.55. The zero-order valence-corrected chi connectivity index (χ0v) is 14.2.